The zero-order valence-electron chi connectivity index (χ0n) is 14.4. The predicted molar refractivity (Wildman–Crippen MR) is 92.6 cm³/mol. The Bertz CT molecular complexity index is 596. The van der Waals surface area contributed by atoms with E-state index >= 15 is 0 Å². The summed E-state index contributed by atoms with van der Waals surface area (Å²) in [6.45, 7) is 4.01. The Morgan fingerprint density at radius 2 is 2.17 bits per heavy atom. The van der Waals surface area contributed by atoms with Gasteiger partial charge in [-0.25, -0.2) is 0 Å². The number of carbonyl (C=O) groups is 1. The molecule has 24 heavy (non-hydrogen) atoms. The maximum atomic E-state index is 12.1. The molecule has 1 aromatic carbocycles. The Balaban J connectivity index is 2.31. The van der Waals surface area contributed by atoms with Crippen LogP contribution in [0.3, 0.4) is 0 Å². The van der Waals surface area contributed by atoms with Gasteiger partial charge in [0.1, 0.15) is 5.54 Å². The Labute approximate surface area is 147 Å². The number of primary amides is 1. The van der Waals surface area contributed by atoms with Crippen LogP contribution >= 0.6 is 11.6 Å². The average Bonchev–Trinajstić information content (AvgIpc) is 2.92. The molecule has 1 aliphatic rings. The van der Waals surface area contributed by atoms with E-state index in [4.69, 9.17) is 31.5 Å². The quantitative estimate of drug-likeness (QED) is 0.773. The summed E-state index contributed by atoms with van der Waals surface area (Å²) in [6, 6.07) is 3.73. The molecule has 0 aliphatic carbocycles. The lowest BCUT2D eigenvalue weighted by atomic mass is 9.95. The summed E-state index contributed by atoms with van der Waals surface area (Å²) in [7, 11) is 3.14. The van der Waals surface area contributed by atoms with E-state index in [2.05, 4.69) is 4.90 Å². The lowest BCUT2D eigenvalue weighted by Gasteiger charge is -2.35. The van der Waals surface area contributed by atoms with E-state index in [0.29, 0.717) is 36.1 Å². The second-order valence-electron chi connectivity index (χ2n) is 5.90. The number of nitrogens with zero attached hydrogens (tertiary/aromatic N) is 1. The van der Waals surface area contributed by atoms with Crippen molar-refractivity contribution in [2.24, 2.45) is 5.73 Å². The van der Waals surface area contributed by atoms with Crippen LogP contribution in [0.4, 0.5) is 0 Å². The van der Waals surface area contributed by atoms with Crippen LogP contribution in [0.2, 0.25) is 5.02 Å². The number of nitrogens with two attached hydrogens (primary N) is 1. The number of methoxy groups -OCH3 is 2. The van der Waals surface area contributed by atoms with Gasteiger partial charge in [-0.3, -0.25) is 9.69 Å². The van der Waals surface area contributed by atoms with E-state index in [0.717, 1.165) is 18.5 Å². The van der Waals surface area contributed by atoms with Crippen molar-refractivity contribution in [1.82, 2.24) is 4.90 Å². The van der Waals surface area contributed by atoms with Gasteiger partial charge in [-0.15, -0.1) is 0 Å². The van der Waals surface area contributed by atoms with Crippen molar-refractivity contribution in [3.63, 3.8) is 0 Å². The topological polar surface area (TPSA) is 74.0 Å². The summed E-state index contributed by atoms with van der Waals surface area (Å²) >= 11 is 6.31. The normalized spacial score (nSPS) is 21.0. The first-order valence-corrected chi connectivity index (χ1v) is 8.39. The predicted octanol–water partition coefficient (Wildman–Crippen LogP) is 2.21. The van der Waals surface area contributed by atoms with Crippen molar-refractivity contribution < 1.29 is 19.0 Å². The SMILES string of the molecule is CCOc1cc(CN2CCCC2(COC)C(N)=O)cc(Cl)c1OC. The van der Waals surface area contributed by atoms with Crippen LogP contribution in [0.25, 0.3) is 0 Å². The highest BCUT2D eigenvalue weighted by Gasteiger charge is 2.46. The van der Waals surface area contributed by atoms with E-state index < -0.39 is 5.54 Å². The minimum absolute atomic E-state index is 0.282. The fourth-order valence-corrected chi connectivity index (χ4v) is 3.62. The number of hydrogen-bond donors (Lipinski definition) is 1. The largest absolute Gasteiger partial charge is 0.491 e. The first kappa shape index (κ1) is 18.8. The minimum atomic E-state index is -0.771. The number of benzene rings is 1. The summed E-state index contributed by atoms with van der Waals surface area (Å²) in [5, 5.41) is 0.481. The van der Waals surface area contributed by atoms with Crippen molar-refractivity contribution in [3.8, 4) is 11.5 Å². The smallest absolute Gasteiger partial charge is 0.240 e. The van der Waals surface area contributed by atoms with Crippen LogP contribution in [0, 0.1) is 0 Å². The molecule has 1 heterocycles. The Morgan fingerprint density at radius 3 is 2.75 bits per heavy atom. The number of likely N-dealkylation sites (tertiary alicyclic amines) is 1. The molecule has 7 heteroatoms. The molecular weight excluding hydrogens is 332 g/mol. The highest BCUT2D eigenvalue weighted by molar-refractivity contribution is 6.32. The number of amides is 1. The lowest BCUT2D eigenvalue weighted by Crippen LogP contribution is -2.56. The first-order valence-electron chi connectivity index (χ1n) is 8.01. The molecule has 2 N–H and O–H groups in total. The molecule has 0 saturated carbocycles. The van der Waals surface area contributed by atoms with Gasteiger partial charge in [0, 0.05) is 13.7 Å². The number of carbonyl (C=O) groups excluding carboxylic acids is 1. The van der Waals surface area contributed by atoms with Gasteiger partial charge >= 0.3 is 0 Å². The second-order valence-corrected chi connectivity index (χ2v) is 6.30. The fourth-order valence-electron chi connectivity index (χ4n) is 3.31. The molecule has 0 bridgehead atoms. The number of hydrogen-bond acceptors (Lipinski definition) is 5. The monoisotopic (exact) mass is 356 g/mol. The van der Waals surface area contributed by atoms with Crippen LogP contribution in [0.5, 0.6) is 11.5 Å². The summed E-state index contributed by atoms with van der Waals surface area (Å²) < 4.78 is 16.2. The van der Waals surface area contributed by atoms with Crippen LogP contribution < -0.4 is 15.2 Å². The van der Waals surface area contributed by atoms with Gasteiger partial charge in [-0.1, -0.05) is 11.6 Å². The van der Waals surface area contributed by atoms with Gasteiger partial charge < -0.3 is 19.9 Å². The first-order chi connectivity index (χ1) is 11.5. The summed E-state index contributed by atoms with van der Waals surface area (Å²) in [5.41, 5.74) is 5.85. The molecule has 0 aromatic heterocycles. The van der Waals surface area contributed by atoms with E-state index in [9.17, 15) is 4.79 Å². The van der Waals surface area contributed by atoms with Crippen molar-refractivity contribution in [2.45, 2.75) is 31.8 Å². The van der Waals surface area contributed by atoms with Crippen molar-refractivity contribution in [3.05, 3.63) is 22.7 Å². The summed E-state index contributed by atoms with van der Waals surface area (Å²) in [6.07, 6.45) is 1.59. The third kappa shape index (κ3) is 3.61. The molecule has 1 saturated heterocycles. The summed E-state index contributed by atoms with van der Waals surface area (Å²) in [4.78, 5) is 14.1. The molecule has 0 radical (unpaired) electrons. The van der Waals surface area contributed by atoms with Crippen molar-refractivity contribution in [1.29, 1.82) is 0 Å². The molecule has 6 nitrogen and oxygen atoms in total. The molecule has 1 aliphatic heterocycles. The van der Waals surface area contributed by atoms with Crippen LogP contribution in [0.1, 0.15) is 25.3 Å². The molecule has 1 atom stereocenters. The Kier molecular flexibility index (Phi) is 6.32. The molecule has 134 valence electrons. The highest BCUT2D eigenvalue weighted by atomic mass is 35.5. The molecule has 1 fully saturated rings. The average molecular weight is 357 g/mol. The maximum absolute atomic E-state index is 12.1. The van der Waals surface area contributed by atoms with Gasteiger partial charge in [0.25, 0.3) is 0 Å². The third-order valence-electron chi connectivity index (χ3n) is 4.41. The van der Waals surface area contributed by atoms with E-state index in [1.807, 2.05) is 19.1 Å². The maximum Gasteiger partial charge on any atom is 0.240 e. The standard InChI is InChI=1S/C17H25ClN2O4/c1-4-24-14-9-12(8-13(18)15(14)23-3)10-20-7-5-6-17(20,11-22-2)16(19)21/h8-9H,4-7,10-11H2,1-3H3,(H2,19,21). The van der Waals surface area contributed by atoms with Crippen LogP contribution in [0.15, 0.2) is 12.1 Å². The zero-order chi connectivity index (χ0) is 17.7. The minimum Gasteiger partial charge on any atom is -0.491 e. The summed E-state index contributed by atoms with van der Waals surface area (Å²) in [5.74, 6) is 0.756. The molecular formula is C17H25ClN2O4. The fraction of sp³-hybridized carbons (Fsp3) is 0.588. The second kappa shape index (κ2) is 8.05. The number of rotatable bonds is 8. The highest BCUT2D eigenvalue weighted by Crippen LogP contribution is 2.38. The van der Waals surface area contributed by atoms with E-state index in [1.165, 1.54) is 0 Å². The molecule has 2 rings (SSSR count). The van der Waals surface area contributed by atoms with Gasteiger partial charge in [-0.2, -0.15) is 0 Å². The van der Waals surface area contributed by atoms with E-state index in [-0.39, 0.29) is 12.5 Å². The number of halogens is 1. The zero-order valence-corrected chi connectivity index (χ0v) is 15.2. The van der Waals surface area contributed by atoms with E-state index in [1.54, 1.807) is 14.2 Å². The Morgan fingerprint density at radius 1 is 1.42 bits per heavy atom. The molecule has 1 aromatic rings. The van der Waals surface area contributed by atoms with Gasteiger partial charge in [0.15, 0.2) is 11.5 Å². The Hall–Kier alpha value is -1.50. The van der Waals surface area contributed by atoms with Crippen molar-refractivity contribution in [2.75, 3.05) is 34.0 Å². The number of ether oxygens (including phenoxy) is 3. The van der Waals surface area contributed by atoms with Crippen LogP contribution in [-0.4, -0.2) is 50.3 Å². The van der Waals surface area contributed by atoms with Crippen LogP contribution in [-0.2, 0) is 16.1 Å². The van der Waals surface area contributed by atoms with Gasteiger partial charge in [0.2, 0.25) is 5.91 Å². The molecule has 0 spiro atoms. The lowest BCUT2D eigenvalue weighted by molar-refractivity contribution is -0.132. The molecule has 1 amide bonds. The van der Waals surface area contributed by atoms with Gasteiger partial charge in [0.05, 0.1) is 25.3 Å². The van der Waals surface area contributed by atoms with Gasteiger partial charge in [-0.05, 0) is 44.0 Å². The molecule has 1 unspecified atom stereocenters. The third-order valence-corrected chi connectivity index (χ3v) is 4.69. The van der Waals surface area contributed by atoms with Crippen molar-refractivity contribution >= 4 is 17.5 Å².